The first-order valence-corrected chi connectivity index (χ1v) is 7.25. The molecule has 8 nitrogen and oxygen atoms in total. The van der Waals surface area contributed by atoms with E-state index in [1.54, 1.807) is 0 Å². The van der Waals surface area contributed by atoms with Crippen LogP contribution >= 0.6 is 0 Å². The van der Waals surface area contributed by atoms with Gasteiger partial charge < -0.3 is 15.9 Å². The molecule has 0 aromatic heterocycles. The molecule has 5 N–H and O–H groups in total. The first-order chi connectivity index (χ1) is 9.37. The van der Waals surface area contributed by atoms with Crippen molar-refractivity contribution in [2.45, 2.75) is 32.0 Å². The summed E-state index contributed by atoms with van der Waals surface area (Å²) in [5.74, 6) is -4.08. The summed E-state index contributed by atoms with van der Waals surface area (Å²) >= 11 is 0. The van der Waals surface area contributed by atoms with E-state index in [2.05, 4.69) is 0 Å². The maximum Gasteiger partial charge on any atom is 0.490 e. The monoisotopic (exact) mass is 338 g/mol. The molecule has 1 atom stereocenters. The molecule has 0 unspecified atom stereocenters. The number of aliphatic carboxylic acids is 2. The van der Waals surface area contributed by atoms with Gasteiger partial charge in [0.15, 0.2) is 0 Å². The summed E-state index contributed by atoms with van der Waals surface area (Å²) in [5.41, 5.74) is 5.10. The Balaban J connectivity index is 0. The number of unbranched alkanes of at least 4 members (excludes halogenated alkanes) is 1. The Labute approximate surface area is 119 Å². The van der Waals surface area contributed by atoms with Gasteiger partial charge in [-0.05, 0) is 6.42 Å². The summed E-state index contributed by atoms with van der Waals surface area (Å²) in [6.45, 7) is 1.60. The van der Waals surface area contributed by atoms with E-state index in [-0.39, 0.29) is 12.3 Å². The van der Waals surface area contributed by atoms with E-state index in [1.165, 1.54) is 0 Å². The summed E-state index contributed by atoms with van der Waals surface area (Å²) in [6, 6.07) is -1.23. The topological polar surface area (TPSA) is 147 Å². The minimum atomic E-state index is -5.08. The van der Waals surface area contributed by atoms with Crippen LogP contribution in [0.15, 0.2) is 0 Å². The van der Waals surface area contributed by atoms with Gasteiger partial charge in [-0.3, -0.25) is 4.79 Å². The van der Waals surface area contributed by atoms with Crippen LogP contribution in [0, 0.1) is 0 Å². The number of hydrogen-bond acceptors (Lipinski definition) is 5. The van der Waals surface area contributed by atoms with Gasteiger partial charge >= 0.3 is 18.1 Å². The van der Waals surface area contributed by atoms with Gasteiger partial charge in [-0.15, -0.1) is 0 Å². The van der Waals surface area contributed by atoms with Crippen LogP contribution in [0.5, 0.6) is 0 Å². The lowest BCUT2D eigenvalue weighted by molar-refractivity contribution is -0.192. The third-order valence-corrected chi connectivity index (χ3v) is 3.33. The second kappa shape index (κ2) is 9.52. The van der Waals surface area contributed by atoms with Crippen LogP contribution in [0.2, 0.25) is 0 Å². The molecule has 0 fully saturated rings. The van der Waals surface area contributed by atoms with E-state index in [9.17, 15) is 26.4 Å². The molecule has 0 rings (SSSR count). The number of alkyl halides is 3. The number of nitrogens with two attached hydrogens (primary N) is 1. The number of nitrogens with one attached hydrogen (secondary N) is 1. The standard InChI is InChI=1S/C7H16N2O4S.C2HF3O2/c1-2-3-4-14(12,13)9-6(5-8)7(10)11;3-2(4,5)1(6)7/h6,9H,2-5,8H2,1H3,(H,10,11);(H,6,7)/t6-;/m0./s1. The zero-order valence-corrected chi connectivity index (χ0v) is 11.9. The molecule has 126 valence electrons. The van der Waals surface area contributed by atoms with Crippen molar-refractivity contribution < 1.29 is 41.4 Å². The number of hydrogen-bond donors (Lipinski definition) is 4. The molecular weight excluding hydrogens is 321 g/mol. The Hall–Kier alpha value is -1.40. The van der Waals surface area contributed by atoms with Gasteiger partial charge in [-0.1, -0.05) is 13.3 Å². The Bertz CT molecular complexity index is 437. The predicted octanol–water partition coefficient (Wildman–Crippen LogP) is -0.249. The molecule has 0 radical (unpaired) electrons. The van der Waals surface area contributed by atoms with Gasteiger partial charge in [0.25, 0.3) is 0 Å². The second-order valence-electron chi connectivity index (χ2n) is 3.72. The maximum atomic E-state index is 11.2. The van der Waals surface area contributed by atoms with E-state index in [0.29, 0.717) is 6.42 Å². The van der Waals surface area contributed by atoms with Crippen molar-refractivity contribution in [2.75, 3.05) is 12.3 Å². The first kappa shape index (κ1) is 21.9. The molecule has 0 spiro atoms. The molecule has 12 heteroatoms. The summed E-state index contributed by atoms with van der Waals surface area (Å²) in [4.78, 5) is 19.4. The van der Waals surface area contributed by atoms with Crippen LogP contribution in [0.25, 0.3) is 0 Å². The molecule has 0 saturated carbocycles. The molecule has 0 bridgehead atoms. The summed E-state index contributed by atoms with van der Waals surface area (Å²) < 4.78 is 56.2. The molecule has 0 aromatic rings. The van der Waals surface area contributed by atoms with Gasteiger partial charge in [-0.2, -0.15) is 17.9 Å². The molecular formula is C9H17F3N2O6S. The number of rotatable bonds is 7. The highest BCUT2D eigenvalue weighted by atomic mass is 32.2. The zero-order chi connectivity index (χ0) is 17.3. The lowest BCUT2D eigenvalue weighted by Gasteiger charge is -2.11. The van der Waals surface area contributed by atoms with Crippen molar-refractivity contribution in [1.29, 1.82) is 0 Å². The molecule has 0 aliphatic heterocycles. The van der Waals surface area contributed by atoms with Gasteiger partial charge in [0.1, 0.15) is 6.04 Å². The van der Waals surface area contributed by atoms with Crippen LogP contribution < -0.4 is 10.5 Å². The fraction of sp³-hybridized carbons (Fsp3) is 0.778. The fourth-order valence-electron chi connectivity index (χ4n) is 0.809. The van der Waals surface area contributed by atoms with E-state index in [0.717, 1.165) is 6.42 Å². The lowest BCUT2D eigenvalue weighted by atomic mass is 10.3. The minimum Gasteiger partial charge on any atom is -0.480 e. The van der Waals surface area contributed by atoms with Gasteiger partial charge in [0, 0.05) is 6.54 Å². The van der Waals surface area contributed by atoms with Crippen molar-refractivity contribution in [3.63, 3.8) is 0 Å². The number of sulfonamides is 1. The molecule has 0 amide bonds. The lowest BCUT2D eigenvalue weighted by Crippen LogP contribution is -2.46. The van der Waals surface area contributed by atoms with Crippen molar-refractivity contribution in [2.24, 2.45) is 5.73 Å². The Morgan fingerprint density at radius 1 is 1.29 bits per heavy atom. The summed E-state index contributed by atoms with van der Waals surface area (Å²) in [5, 5.41) is 15.7. The van der Waals surface area contributed by atoms with Crippen LogP contribution in [0.3, 0.4) is 0 Å². The highest BCUT2D eigenvalue weighted by Crippen LogP contribution is 2.13. The SMILES string of the molecule is CCCCS(=O)(=O)N[C@@H](CN)C(=O)O.O=C(O)C(F)(F)F. The smallest absolute Gasteiger partial charge is 0.480 e. The maximum absolute atomic E-state index is 11.2. The highest BCUT2D eigenvalue weighted by Gasteiger charge is 2.38. The quantitative estimate of drug-likeness (QED) is 0.500. The van der Waals surface area contributed by atoms with Crippen molar-refractivity contribution in [3.05, 3.63) is 0 Å². The van der Waals surface area contributed by atoms with Crippen LogP contribution in [0.1, 0.15) is 19.8 Å². The average molecular weight is 338 g/mol. The zero-order valence-electron chi connectivity index (χ0n) is 11.1. The molecule has 21 heavy (non-hydrogen) atoms. The Morgan fingerprint density at radius 2 is 1.71 bits per heavy atom. The van der Waals surface area contributed by atoms with Crippen LogP contribution in [0.4, 0.5) is 13.2 Å². The molecule has 0 aliphatic rings. The highest BCUT2D eigenvalue weighted by molar-refractivity contribution is 7.89. The predicted molar refractivity (Wildman–Crippen MR) is 66.0 cm³/mol. The van der Waals surface area contributed by atoms with E-state index >= 15 is 0 Å². The average Bonchev–Trinajstić information content (AvgIpc) is 2.33. The van der Waals surface area contributed by atoms with E-state index in [1.807, 2.05) is 11.6 Å². The number of carboxylic acids is 2. The molecule has 0 saturated heterocycles. The number of halogens is 3. The minimum absolute atomic E-state index is 0.0622. The van der Waals surface area contributed by atoms with E-state index in [4.69, 9.17) is 20.7 Å². The largest absolute Gasteiger partial charge is 0.490 e. The third-order valence-electron chi connectivity index (χ3n) is 1.86. The normalized spacial score (nSPS) is 13.0. The Kier molecular flexibility index (Phi) is 9.92. The van der Waals surface area contributed by atoms with Crippen LogP contribution in [-0.4, -0.2) is 55.1 Å². The Morgan fingerprint density at radius 3 is 1.95 bits per heavy atom. The van der Waals surface area contributed by atoms with Crippen molar-refractivity contribution >= 4 is 22.0 Å². The summed E-state index contributed by atoms with van der Waals surface area (Å²) in [7, 11) is -3.51. The van der Waals surface area contributed by atoms with Gasteiger partial charge in [0.2, 0.25) is 10.0 Å². The van der Waals surface area contributed by atoms with Gasteiger partial charge in [-0.25, -0.2) is 13.2 Å². The molecule has 0 heterocycles. The first-order valence-electron chi connectivity index (χ1n) is 5.60. The van der Waals surface area contributed by atoms with E-state index < -0.39 is 34.2 Å². The van der Waals surface area contributed by atoms with Crippen LogP contribution in [-0.2, 0) is 19.6 Å². The van der Waals surface area contributed by atoms with Gasteiger partial charge in [0.05, 0.1) is 5.75 Å². The number of carboxylic acid groups (broad SMARTS) is 2. The summed E-state index contributed by atoms with van der Waals surface area (Å²) in [6.07, 6.45) is -3.84. The molecule has 0 aromatic carbocycles. The fourth-order valence-corrected chi connectivity index (χ4v) is 2.23. The molecule has 0 aliphatic carbocycles. The van der Waals surface area contributed by atoms with Crippen molar-refractivity contribution in [3.8, 4) is 0 Å². The third kappa shape index (κ3) is 12.1. The second-order valence-corrected chi connectivity index (χ2v) is 5.59. The number of carbonyl (C=O) groups is 2. The van der Waals surface area contributed by atoms with Crippen molar-refractivity contribution in [1.82, 2.24) is 4.72 Å².